The number of hydrogen-bond donors (Lipinski definition) is 0. The normalized spacial score (nSPS) is 10.2. The second-order valence-corrected chi connectivity index (χ2v) is 6.14. The van der Waals surface area contributed by atoms with E-state index in [1.807, 2.05) is 0 Å². The molecule has 0 unspecified atom stereocenters. The number of hydrogen-bond acceptors (Lipinski definition) is 1. The highest BCUT2D eigenvalue weighted by molar-refractivity contribution is 8.02. The van der Waals surface area contributed by atoms with Crippen molar-refractivity contribution in [2.24, 2.45) is 0 Å². The molecule has 0 atom stereocenters. The third kappa shape index (κ3) is 3.69. The standard InChI is InChI=1S/C21H18S/c1-17-12-14-20(15-13-17)22-16-21(18-8-4-2-5-9-18)19-10-6-3-7-11-19/h2-16H,1H3. The molecule has 3 aromatic carbocycles. The van der Waals surface area contributed by atoms with E-state index < -0.39 is 0 Å². The van der Waals surface area contributed by atoms with Crippen LogP contribution in [0.2, 0.25) is 0 Å². The predicted octanol–water partition coefficient (Wildman–Crippen LogP) is 6.18. The summed E-state index contributed by atoms with van der Waals surface area (Å²) in [6.45, 7) is 2.11. The summed E-state index contributed by atoms with van der Waals surface area (Å²) in [5, 5.41) is 2.25. The molecule has 0 N–H and O–H groups in total. The van der Waals surface area contributed by atoms with Crippen molar-refractivity contribution >= 4 is 17.3 Å². The predicted molar refractivity (Wildman–Crippen MR) is 97.0 cm³/mol. The molecule has 0 saturated carbocycles. The molecular weight excluding hydrogens is 284 g/mol. The van der Waals surface area contributed by atoms with Crippen LogP contribution in [0.1, 0.15) is 16.7 Å². The first kappa shape index (κ1) is 14.7. The molecule has 3 rings (SSSR count). The van der Waals surface area contributed by atoms with Crippen LogP contribution in [0, 0.1) is 6.92 Å². The molecule has 0 fully saturated rings. The van der Waals surface area contributed by atoms with Gasteiger partial charge in [-0.1, -0.05) is 90.1 Å². The average molecular weight is 302 g/mol. The summed E-state index contributed by atoms with van der Waals surface area (Å²) in [6, 6.07) is 29.7. The first-order chi connectivity index (χ1) is 10.8. The average Bonchev–Trinajstić information content (AvgIpc) is 2.59. The van der Waals surface area contributed by atoms with Crippen molar-refractivity contribution in [3.63, 3.8) is 0 Å². The van der Waals surface area contributed by atoms with Gasteiger partial charge in [0.2, 0.25) is 0 Å². The van der Waals surface area contributed by atoms with Gasteiger partial charge in [-0.3, -0.25) is 0 Å². The van der Waals surface area contributed by atoms with E-state index in [0.717, 1.165) is 0 Å². The van der Waals surface area contributed by atoms with E-state index >= 15 is 0 Å². The van der Waals surface area contributed by atoms with Crippen molar-refractivity contribution in [2.75, 3.05) is 0 Å². The van der Waals surface area contributed by atoms with Gasteiger partial charge < -0.3 is 0 Å². The van der Waals surface area contributed by atoms with E-state index in [1.54, 1.807) is 11.8 Å². The number of aryl methyl sites for hydroxylation is 1. The zero-order chi connectivity index (χ0) is 15.2. The van der Waals surface area contributed by atoms with Gasteiger partial charge in [0.25, 0.3) is 0 Å². The summed E-state index contributed by atoms with van der Waals surface area (Å²) in [4.78, 5) is 1.26. The third-order valence-corrected chi connectivity index (χ3v) is 4.40. The van der Waals surface area contributed by atoms with Crippen LogP contribution < -0.4 is 0 Å². The minimum atomic E-state index is 1.24. The minimum absolute atomic E-state index is 1.24. The van der Waals surface area contributed by atoms with Crippen molar-refractivity contribution in [1.82, 2.24) is 0 Å². The smallest absolute Gasteiger partial charge is 0.0116 e. The van der Waals surface area contributed by atoms with Gasteiger partial charge in [0.05, 0.1) is 0 Å². The molecule has 3 aromatic rings. The molecule has 0 bridgehead atoms. The van der Waals surface area contributed by atoms with Crippen LogP contribution in [0.3, 0.4) is 0 Å². The maximum Gasteiger partial charge on any atom is 0.0116 e. The molecule has 0 heterocycles. The van der Waals surface area contributed by atoms with E-state index in [1.165, 1.54) is 27.2 Å². The van der Waals surface area contributed by atoms with Crippen molar-refractivity contribution in [2.45, 2.75) is 11.8 Å². The summed E-state index contributed by atoms with van der Waals surface area (Å²) in [5.41, 5.74) is 5.04. The van der Waals surface area contributed by atoms with Gasteiger partial charge in [-0.2, -0.15) is 0 Å². The summed E-state index contributed by atoms with van der Waals surface area (Å²) >= 11 is 1.76. The van der Waals surface area contributed by atoms with Gasteiger partial charge in [0.1, 0.15) is 0 Å². The molecule has 108 valence electrons. The van der Waals surface area contributed by atoms with Crippen molar-refractivity contribution in [3.05, 3.63) is 107 Å². The fourth-order valence-electron chi connectivity index (χ4n) is 2.28. The molecule has 0 aromatic heterocycles. The zero-order valence-electron chi connectivity index (χ0n) is 12.6. The second kappa shape index (κ2) is 7.15. The molecule has 0 aliphatic heterocycles. The lowest BCUT2D eigenvalue weighted by Gasteiger charge is -2.08. The molecular formula is C21H18S. The molecule has 0 saturated heterocycles. The molecule has 0 amide bonds. The Kier molecular flexibility index (Phi) is 4.77. The van der Waals surface area contributed by atoms with Crippen LogP contribution in [0.4, 0.5) is 0 Å². The fraction of sp³-hybridized carbons (Fsp3) is 0.0476. The second-order valence-electron chi connectivity index (χ2n) is 5.19. The van der Waals surface area contributed by atoms with Crippen molar-refractivity contribution in [1.29, 1.82) is 0 Å². The number of thioether (sulfide) groups is 1. The Hall–Kier alpha value is -2.25. The molecule has 0 spiro atoms. The minimum Gasteiger partial charge on any atom is -0.0974 e. The van der Waals surface area contributed by atoms with E-state index in [9.17, 15) is 0 Å². The summed E-state index contributed by atoms with van der Waals surface area (Å²) in [6.07, 6.45) is 0. The Balaban J connectivity index is 1.95. The van der Waals surface area contributed by atoms with E-state index in [-0.39, 0.29) is 0 Å². The molecule has 0 radical (unpaired) electrons. The Morgan fingerprint density at radius 3 is 1.68 bits per heavy atom. The van der Waals surface area contributed by atoms with E-state index in [0.29, 0.717) is 0 Å². The molecule has 1 heteroatoms. The van der Waals surface area contributed by atoms with Crippen LogP contribution in [0.5, 0.6) is 0 Å². The van der Waals surface area contributed by atoms with Crippen LogP contribution in [0.15, 0.2) is 95.2 Å². The van der Waals surface area contributed by atoms with E-state index in [4.69, 9.17) is 0 Å². The summed E-state index contributed by atoms with van der Waals surface area (Å²) in [5.74, 6) is 0. The van der Waals surface area contributed by atoms with Crippen LogP contribution in [-0.2, 0) is 0 Å². The van der Waals surface area contributed by atoms with Crippen molar-refractivity contribution in [3.8, 4) is 0 Å². The largest absolute Gasteiger partial charge is 0.0974 e. The lowest BCUT2D eigenvalue weighted by molar-refractivity contribution is 1.38. The third-order valence-electron chi connectivity index (χ3n) is 3.50. The molecule has 0 nitrogen and oxygen atoms in total. The Morgan fingerprint density at radius 2 is 1.18 bits per heavy atom. The highest BCUT2D eigenvalue weighted by atomic mass is 32.2. The van der Waals surface area contributed by atoms with Gasteiger partial charge >= 0.3 is 0 Å². The fourth-order valence-corrected chi connectivity index (χ4v) is 3.10. The maximum absolute atomic E-state index is 2.25. The van der Waals surface area contributed by atoms with Gasteiger partial charge in [-0.15, -0.1) is 0 Å². The SMILES string of the molecule is Cc1ccc(SC=C(c2ccccc2)c2ccccc2)cc1. The zero-order valence-corrected chi connectivity index (χ0v) is 13.4. The highest BCUT2D eigenvalue weighted by Gasteiger charge is 2.04. The number of rotatable bonds is 4. The summed E-state index contributed by atoms with van der Waals surface area (Å²) < 4.78 is 0. The highest BCUT2D eigenvalue weighted by Crippen LogP contribution is 2.29. The van der Waals surface area contributed by atoms with Crippen LogP contribution in [-0.4, -0.2) is 0 Å². The summed E-state index contributed by atoms with van der Waals surface area (Å²) in [7, 11) is 0. The monoisotopic (exact) mass is 302 g/mol. The Morgan fingerprint density at radius 1 is 0.682 bits per heavy atom. The van der Waals surface area contributed by atoms with Crippen LogP contribution >= 0.6 is 11.8 Å². The first-order valence-electron chi connectivity index (χ1n) is 7.37. The Labute approximate surface area is 136 Å². The van der Waals surface area contributed by atoms with Gasteiger partial charge in [-0.05, 0) is 41.2 Å². The maximum atomic E-state index is 2.25. The van der Waals surface area contributed by atoms with E-state index in [2.05, 4.69) is 97.3 Å². The van der Waals surface area contributed by atoms with Gasteiger partial charge in [-0.25, -0.2) is 0 Å². The molecule has 0 aliphatic rings. The van der Waals surface area contributed by atoms with Crippen molar-refractivity contribution < 1.29 is 0 Å². The number of benzene rings is 3. The van der Waals surface area contributed by atoms with Gasteiger partial charge in [0.15, 0.2) is 0 Å². The van der Waals surface area contributed by atoms with Gasteiger partial charge in [0, 0.05) is 4.90 Å². The van der Waals surface area contributed by atoms with Crippen LogP contribution in [0.25, 0.3) is 5.57 Å². The quantitative estimate of drug-likeness (QED) is 0.519. The first-order valence-corrected chi connectivity index (χ1v) is 8.25. The molecule has 22 heavy (non-hydrogen) atoms. The molecule has 0 aliphatic carbocycles. The Bertz CT molecular complexity index is 699. The lowest BCUT2D eigenvalue weighted by Crippen LogP contribution is -1.86. The topological polar surface area (TPSA) is 0 Å². The lowest BCUT2D eigenvalue weighted by atomic mass is 10.00.